The zero-order chi connectivity index (χ0) is 25.0. The smallest absolute Gasteiger partial charge is 0.322 e. The van der Waals surface area contributed by atoms with Crippen molar-refractivity contribution in [2.24, 2.45) is 0 Å². The summed E-state index contributed by atoms with van der Waals surface area (Å²) in [6, 6.07) is 13.4. The number of furan rings is 1. The molecule has 0 radical (unpaired) electrons. The number of hydrogen-bond donors (Lipinski definition) is 3. The Balaban J connectivity index is 1.38. The molecule has 2 aliphatic heterocycles. The molecule has 11 nitrogen and oxygen atoms in total. The number of hydrogen-bond acceptors (Lipinski definition) is 8. The minimum absolute atomic E-state index is 0.116. The van der Waals surface area contributed by atoms with E-state index < -0.39 is 17.5 Å². The van der Waals surface area contributed by atoms with Crippen molar-refractivity contribution in [2.75, 3.05) is 19.4 Å². The minimum atomic E-state index is -1.60. The van der Waals surface area contributed by atoms with Gasteiger partial charge in [0.2, 0.25) is 5.95 Å². The molecule has 1 saturated heterocycles. The summed E-state index contributed by atoms with van der Waals surface area (Å²) in [5.41, 5.74) is 7.32. The Hall–Kier alpha value is -4.93. The van der Waals surface area contributed by atoms with Gasteiger partial charge in [-0.15, -0.1) is 0 Å². The molecule has 11 heteroatoms. The van der Waals surface area contributed by atoms with Crippen molar-refractivity contribution in [3.8, 4) is 17.0 Å². The highest BCUT2D eigenvalue weighted by molar-refractivity contribution is 6.08. The number of carbonyl (C=O) groups is 3. The average molecular weight is 484 g/mol. The molecule has 2 aliphatic rings. The number of benzene rings is 2. The Morgan fingerprint density at radius 1 is 1.14 bits per heavy atom. The first kappa shape index (κ1) is 21.6. The molecule has 4 aromatic rings. The van der Waals surface area contributed by atoms with Crippen LogP contribution < -0.4 is 21.1 Å². The van der Waals surface area contributed by atoms with Gasteiger partial charge in [0.05, 0.1) is 19.3 Å². The quantitative estimate of drug-likeness (QED) is 0.364. The van der Waals surface area contributed by atoms with Crippen molar-refractivity contribution in [2.45, 2.75) is 12.1 Å². The van der Waals surface area contributed by atoms with Crippen LogP contribution in [-0.4, -0.2) is 46.4 Å². The highest BCUT2D eigenvalue weighted by Crippen LogP contribution is 2.36. The summed E-state index contributed by atoms with van der Waals surface area (Å²) in [6.07, 6.45) is 1.57. The lowest BCUT2D eigenvalue weighted by molar-refractivity contribution is -0.125. The van der Waals surface area contributed by atoms with Crippen LogP contribution in [0.15, 0.2) is 59.1 Å². The predicted octanol–water partition coefficient (Wildman–Crippen LogP) is 2.17. The summed E-state index contributed by atoms with van der Waals surface area (Å²) in [5.74, 6) is 0.0537. The van der Waals surface area contributed by atoms with E-state index in [9.17, 15) is 14.4 Å². The van der Waals surface area contributed by atoms with Gasteiger partial charge in [0.1, 0.15) is 17.1 Å². The number of fused-ring (bicyclic) bond motifs is 2. The van der Waals surface area contributed by atoms with Crippen LogP contribution in [0.3, 0.4) is 0 Å². The van der Waals surface area contributed by atoms with Gasteiger partial charge in [-0.2, -0.15) is 0 Å². The van der Waals surface area contributed by atoms with Crippen molar-refractivity contribution in [3.05, 3.63) is 71.6 Å². The van der Waals surface area contributed by atoms with Gasteiger partial charge < -0.3 is 25.1 Å². The monoisotopic (exact) mass is 484 g/mol. The molecule has 0 saturated carbocycles. The molecule has 36 heavy (non-hydrogen) atoms. The van der Waals surface area contributed by atoms with Crippen molar-refractivity contribution < 1.29 is 23.5 Å². The standard InChI is InChI=1S/C25H20N6O5/c1-35-16-4-2-14-11-31(21(32)17(14)10-16)12-25(22(33)29-24(34)30-25)20-9-15-8-13(3-5-19(15)36-20)18-6-7-27-23(26)28-18/h2-10H,11-12H2,1H3,(H2,26,27,28)(H2,29,30,33,34)/t25-/m0/s1. The Bertz CT molecular complexity index is 1580. The number of nitrogen functional groups attached to an aromatic ring is 1. The number of methoxy groups -OCH3 is 1. The summed E-state index contributed by atoms with van der Waals surface area (Å²) in [6.45, 7) is 0.165. The first-order chi connectivity index (χ1) is 17.4. The summed E-state index contributed by atoms with van der Waals surface area (Å²) >= 11 is 0. The lowest BCUT2D eigenvalue weighted by Gasteiger charge is -2.29. The van der Waals surface area contributed by atoms with Gasteiger partial charge >= 0.3 is 6.03 Å². The SMILES string of the molecule is COc1ccc2c(c1)C(=O)N(C[C@@]1(c3cc4cc(-c5ccnc(N)n5)ccc4o3)NC(=O)NC1=O)C2. The van der Waals surface area contributed by atoms with Gasteiger partial charge in [-0.1, -0.05) is 6.07 Å². The van der Waals surface area contributed by atoms with Crippen molar-refractivity contribution in [1.29, 1.82) is 0 Å². The Kier molecular flexibility index (Phi) is 4.68. The Morgan fingerprint density at radius 3 is 2.75 bits per heavy atom. The van der Waals surface area contributed by atoms with Gasteiger partial charge in [-0.3, -0.25) is 14.9 Å². The molecule has 0 spiro atoms. The minimum Gasteiger partial charge on any atom is -0.497 e. The fraction of sp³-hybridized carbons (Fsp3) is 0.160. The molecular weight excluding hydrogens is 464 g/mol. The zero-order valence-corrected chi connectivity index (χ0v) is 19.1. The lowest BCUT2D eigenvalue weighted by atomic mass is 9.95. The third kappa shape index (κ3) is 3.32. The van der Waals surface area contributed by atoms with Crippen LogP contribution >= 0.6 is 0 Å². The molecule has 1 atom stereocenters. The first-order valence-electron chi connectivity index (χ1n) is 11.1. The molecule has 1 fully saturated rings. The van der Waals surface area contributed by atoms with E-state index in [1.165, 1.54) is 12.0 Å². The predicted molar refractivity (Wildman–Crippen MR) is 128 cm³/mol. The number of rotatable bonds is 5. The van der Waals surface area contributed by atoms with E-state index in [1.807, 2.05) is 18.2 Å². The molecule has 0 aliphatic carbocycles. The van der Waals surface area contributed by atoms with Crippen molar-refractivity contribution in [1.82, 2.24) is 25.5 Å². The molecule has 0 bridgehead atoms. The summed E-state index contributed by atoms with van der Waals surface area (Å²) in [5, 5.41) is 5.67. The molecular formula is C25H20N6O5. The summed E-state index contributed by atoms with van der Waals surface area (Å²) in [7, 11) is 1.53. The molecule has 0 unspecified atom stereocenters. The molecule has 2 aromatic heterocycles. The molecule has 6 rings (SSSR count). The highest BCUT2D eigenvalue weighted by atomic mass is 16.5. The number of carbonyl (C=O) groups excluding carboxylic acids is 3. The number of aromatic nitrogens is 2. The van der Waals surface area contributed by atoms with Crippen LogP contribution in [-0.2, 0) is 16.9 Å². The van der Waals surface area contributed by atoms with Crippen LogP contribution in [0.5, 0.6) is 5.75 Å². The van der Waals surface area contributed by atoms with Crippen molar-refractivity contribution >= 4 is 34.8 Å². The third-order valence-electron chi connectivity index (χ3n) is 6.47. The van der Waals surface area contributed by atoms with E-state index in [2.05, 4.69) is 20.6 Å². The molecule has 4 amide bonds. The number of imide groups is 1. The molecule has 4 N–H and O–H groups in total. The molecule has 4 heterocycles. The van der Waals surface area contributed by atoms with Gasteiger partial charge in [0.15, 0.2) is 5.54 Å². The third-order valence-corrected chi connectivity index (χ3v) is 6.47. The number of ether oxygens (including phenoxy) is 1. The highest BCUT2D eigenvalue weighted by Gasteiger charge is 2.53. The molecule has 180 valence electrons. The van der Waals surface area contributed by atoms with E-state index in [-0.39, 0.29) is 30.7 Å². The maximum atomic E-state index is 13.2. The Morgan fingerprint density at radius 2 is 2.00 bits per heavy atom. The van der Waals surface area contributed by atoms with E-state index in [1.54, 1.807) is 36.5 Å². The normalized spacial score (nSPS) is 18.9. The fourth-order valence-corrected chi connectivity index (χ4v) is 4.68. The number of nitrogens with two attached hydrogens (primary N) is 1. The number of urea groups is 1. The molecule has 2 aromatic carbocycles. The lowest BCUT2D eigenvalue weighted by Crippen LogP contribution is -2.52. The van der Waals surface area contributed by atoms with E-state index in [4.69, 9.17) is 14.9 Å². The van der Waals surface area contributed by atoms with Crippen LogP contribution in [0.1, 0.15) is 21.7 Å². The summed E-state index contributed by atoms with van der Waals surface area (Å²) < 4.78 is 11.3. The van der Waals surface area contributed by atoms with Gasteiger partial charge in [0, 0.05) is 29.3 Å². The maximum absolute atomic E-state index is 13.2. The van der Waals surface area contributed by atoms with Gasteiger partial charge in [-0.05, 0) is 48.0 Å². The topological polar surface area (TPSA) is 153 Å². The maximum Gasteiger partial charge on any atom is 0.322 e. The fourth-order valence-electron chi connectivity index (χ4n) is 4.68. The van der Waals surface area contributed by atoms with Crippen LogP contribution in [0.25, 0.3) is 22.2 Å². The van der Waals surface area contributed by atoms with E-state index in [0.29, 0.717) is 28.0 Å². The zero-order valence-electron chi connectivity index (χ0n) is 19.1. The average Bonchev–Trinajstić information content (AvgIpc) is 3.52. The van der Waals surface area contributed by atoms with Gasteiger partial charge in [0.25, 0.3) is 11.8 Å². The second-order valence-corrected chi connectivity index (χ2v) is 8.66. The first-order valence-corrected chi connectivity index (χ1v) is 11.1. The van der Waals surface area contributed by atoms with Crippen LogP contribution in [0.4, 0.5) is 10.7 Å². The van der Waals surface area contributed by atoms with Gasteiger partial charge in [-0.25, -0.2) is 14.8 Å². The van der Waals surface area contributed by atoms with E-state index in [0.717, 1.165) is 11.1 Å². The van der Waals surface area contributed by atoms with Crippen LogP contribution in [0, 0.1) is 0 Å². The number of amides is 4. The largest absolute Gasteiger partial charge is 0.497 e. The Labute approximate surface area is 204 Å². The van der Waals surface area contributed by atoms with Crippen LogP contribution in [0.2, 0.25) is 0 Å². The second-order valence-electron chi connectivity index (χ2n) is 8.66. The summed E-state index contributed by atoms with van der Waals surface area (Å²) in [4.78, 5) is 48.2. The number of nitrogens with one attached hydrogen (secondary N) is 2. The number of nitrogens with zero attached hydrogens (tertiary/aromatic N) is 3. The second kappa shape index (κ2) is 7.80. The van der Waals surface area contributed by atoms with E-state index >= 15 is 0 Å². The number of anilines is 1. The van der Waals surface area contributed by atoms with Crippen molar-refractivity contribution in [3.63, 3.8) is 0 Å².